The lowest BCUT2D eigenvalue weighted by Crippen LogP contribution is -2.12. The van der Waals surface area contributed by atoms with E-state index in [1.807, 2.05) is 24.3 Å². The van der Waals surface area contributed by atoms with E-state index < -0.39 is 0 Å². The Kier molecular flexibility index (Phi) is 3.55. The number of hydrogen-bond acceptors (Lipinski definition) is 1. The van der Waals surface area contributed by atoms with Gasteiger partial charge in [-0.15, -0.1) is 0 Å². The van der Waals surface area contributed by atoms with Crippen molar-refractivity contribution < 1.29 is 0 Å². The first-order chi connectivity index (χ1) is 8.09. The fourth-order valence-electron chi connectivity index (χ4n) is 1.67. The van der Waals surface area contributed by atoms with Gasteiger partial charge >= 0.3 is 0 Å². The molecule has 0 amide bonds. The van der Waals surface area contributed by atoms with Crippen LogP contribution in [0.4, 0.5) is 0 Å². The fourth-order valence-corrected chi connectivity index (χ4v) is 2.07. The molecule has 1 heterocycles. The Morgan fingerprint density at radius 3 is 2.82 bits per heavy atom. The number of pyridine rings is 1. The molecule has 2 rings (SSSR count). The summed E-state index contributed by atoms with van der Waals surface area (Å²) in [7, 11) is 0. The first-order valence-electron chi connectivity index (χ1n) is 5.21. The number of rotatable bonds is 2. The van der Waals surface area contributed by atoms with Crippen molar-refractivity contribution in [1.82, 2.24) is 4.98 Å². The Bertz CT molecular complexity index is 639. The summed E-state index contributed by atoms with van der Waals surface area (Å²) in [4.78, 5) is 14.7. The molecule has 0 fully saturated rings. The number of aromatic nitrogens is 1. The van der Waals surface area contributed by atoms with Gasteiger partial charge < -0.3 is 4.98 Å². The number of fused-ring (bicyclic) bond motifs is 1. The van der Waals surface area contributed by atoms with Crippen LogP contribution in [-0.2, 0) is 6.42 Å². The predicted octanol–water partition coefficient (Wildman–Crippen LogP) is 3.87. The zero-order valence-electron chi connectivity index (χ0n) is 9.26. The highest BCUT2D eigenvalue weighted by Gasteiger charge is 2.09. The van der Waals surface area contributed by atoms with Crippen LogP contribution < -0.4 is 5.56 Å². The minimum Gasteiger partial charge on any atom is -0.322 e. The molecule has 1 N–H and O–H groups in total. The number of aromatic amines is 1. The highest BCUT2D eigenvalue weighted by molar-refractivity contribution is 6.36. The first-order valence-corrected chi connectivity index (χ1v) is 5.97. The van der Waals surface area contributed by atoms with Crippen molar-refractivity contribution >= 4 is 34.1 Å². The van der Waals surface area contributed by atoms with Gasteiger partial charge in [0, 0.05) is 21.5 Å². The van der Waals surface area contributed by atoms with Gasteiger partial charge in [0.2, 0.25) is 0 Å². The second kappa shape index (κ2) is 4.94. The van der Waals surface area contributed by atoms with Crippen LogP contribution in [0.3, 0.4) is 0 Å². The van der Waals surface area contributed by atoms with E-state index in [-0.39, 0.29) is 5.56 Å². The summed E-state index contributed by atoms with van der Waals surface area (Å²) in [6, 6.07) is 7.46. The minimum atomic E-state index is -0.164. The number of para-hydroxylation sites is 1. The number of H-pyrrole nitrogens is 1. The van der Waals surface area contributed by atoms with Crippen molar-refractivity contribution in [2.75, 3.05) is 0 Å². The molecule has 0 aliphatic rings. The highest BCUT2D eigenvalue weighted by Crippen LogP contribution is 2.23. The highest BCUT2D eigenvalue weighted by atomic mass is 35.5. The lowest BCUT2D eigenvalue weighted by atomic mass is 10.1. The molecule has 0 aliphatic heterocycles. The Labute approximate surface area is 109 Å². The summed E-state index contributed by atoms with van der Waals surface area (Å²) in [6.45, 7) is 1.77. The molecule has 0 unspecified atom stereocenters. The van der Waals surface area contributed by atoms with E-state index in [0.717, 1.165) is 10.9 Å². The predicted molar refractivity (Wildman–Crippen MR) is 72.9 cm³/mol. The van der Waals surface area contributed by atoms with E-state index in [9.17, 15) is 4.79 Å². The van der Waals surface area contributed by atoms with E-state index in [1.165, 1.54) is 0 Å². The smallest absolute Gasteiger partial charge is 0.253 e. The maximum Gasteiger partial charge on any atom is 0.253 e. The van der Waals surface area contributed by atoms with E-state index in [1.54, 1.807) is 13.0 Å². The average molecular weight is 268 g/mol. The number of allylic oxidation sites excluding steroid dienone is 2. The number of nitrogens with one attached hydrogen (secondary N) is 1. The molecular weight excluding hydrogens is 257 g/mol. The van der Waals surface area contributed by atoms with Gasteiger partial charge in [0.05, 0.1) is 5.02 Å². The van der Waals surface area contributed by atoms with Crippen LogP contribution in [0.25, 0.3) is 10.9 Å². The quantitative estimate of drug-likeness (QED) is 0.881. The summed E-state index contributed by atoms with van der Waals surface area (Å²) >= 11 is 12.0. The van der Waals surface area contributed by atoms with E-state index in [0.29, 0.717) is 22.0 Å². The molecule has 1 aromatic heterocycles. The molecule has 2 nitrogen and oxygen atoms in total. The summed E-state index contributed by atoms with van der Waals surface area (Å²) in [5.41, 5.74) is 1.13. The van der Waals surface area contributed by atoms with Crippen LogP contribution >= 0.6 is 23.2 Å². The van der Waals surface area contributed by atoms with Gasteiger partial charge in [-0.1, -0.05) is 47.5 Å². The summed E-state index contributed by atoms with van der Waals surface area (Å²) in [6.07, 6.45) is 2.21. The van der Waals surface area contributed by atoms with E-state index >= 15 is 0 Å². The molecule has 17 heavy (non-hydrogen) atoms. The normalized spacial score (nSPS) is 12.1. The van der Waals surface area contributed by atoms with Gasteiger partial charge in [0.25, 0.3) is 5.56 Å². The molecule has 0 spiro atoms. The second-order valence-electron chi connectivity index (χ2n) is 3.79. The molecule has 4 heteroatoms. The van der Waals surface area contributed by atoms with Crippen LogP contribution in [0, 0.1) is 0 Å². The molecular formula is C13H11Cl2NO. The fraction of sp³-hybridized carbons (Fsp3) is 0.154. The van der Waals surface area contributed by atoms with Crippen LogP contribution in [0.2, 0.25) is 5.02 Å². The van der Waals surface area contributed by atoms with Crippen molar-refractivity contribution in [3.05, 3.63) is 56.3 Å². The summed E-state index contributed by atoms with van der Waals surface area (Å²) in [5.74, 6) is 0. The van der Waals surface area contributed by atoms with Gasteiger partial charge in [0.15, 0.2) is 0 Å². The Morgan fingerprint density at radius 2 is 2.12 bits per heavy atom. The second-order valence-corrected chi connectivity index (χ2v) is 4.76. The summed E-state index contributed by atoms with van der Waals surface area (Å²) < 4.78 is 0. The Morgan fingerprint density at radius 1 is 1.41 bits per heavy atom. The number of halogens is 2. The number of benzene rings is 1. The first kappa shape index (κ1) is 12.2. The van der Waals surface area contributed by atoms with Crippen molar-refractivity contribution in [3.63, 3.8) is 0 Å². The molecule has 88 valence electrons. The van der Waals surface area contributed by atoms with Crippen LogP contribution in [-0.4, -0.2) is 4.98 Å². The van der Waals surface area contributed by atoms with E-state index in [4.69, 9.17) is 23.2 Å². The third kappa shape index (κ3) is 2.54. The van der Waals surface area contributed by atoms with Crippen LogP contribution in [0.15, 0.2) is 40.2 Å². The van der Waals surface area contributed by atoms with Gasteiger partial charge in [-0.2, -0.15) is 0 Å². The van der Waals surface area contributed by atoms with Crippen LogP contribution in [0.5, 0.6) is 0 Å². The number of hydrogen-bond donors (Lipinski definition) is 1. The topological polar surface area (TPSA) is 32.9 Å². The van der Waals surface area contributed by atoms with Gasteiger partial charge in [-0.3, -0.25) is 4.79 Å². The molecule has 1 aromatic carbocycles. The van der Waals surface area contributed by atoms with Gasteiger partial charge in [-0.05, 0) is 19.4 Å². The van der Waals surface area contributed by atoms with E-state index in [2.05, 4.69) is 4.98 Å². The maximum atomic E-state index is 11.9. The molecule has 0 saturated carbocycles. The molecule has 0 saturated heterocycles. The SMILES string of the molecule is CC(Cl)=CCc1c(Cl)c2ccccc2[nH]c1=O. The summed E-state index contributed by atoms with van der Waals surface area (Å²) in [5, 5.41) is 2.00. The molecule has 0 aliphatic carbocycles. The minimum absolute atomic E-state index is 0.164. The van der Waals surface area contributed by atoms with Gasteiger partial charge in [-0.25, -0.2) is 0 Å². The largest absolute Gasteiger partial charge is 0.322 e. The lowest BCUT2D eigenvalue weighted by molar-refractivity contribution is 1.15. The Balaban J connectivity index is 2.64. The standard InChI is InChI=1S/C13H11Cl2NO/c1-8(14)6-7-10-12(15)9-4-2-3-5-11(9)16-13(10)17/h2-6H,7H2,1H3,(H,16,17). The lowest BCUT2D eigenvalue weighted by Gasteiger charge is -2.05. The molecule has 2 aromatic rings. The van der Waals surface area contributed by atoms with Crippen molar-refractivity contribution in [2.45, 2.75) is 13.3 Å². The zero-order valence-corrected chi connectivity index (χ0v) is 10.8. The average Bonchev–Trinajstić information content (AvgIpc) is 2.28. The third-order valence-electron chi connectivity index (χ3n) is 2.54. The molecule has 0 atom stereocenters. The zero-order chi connectivity index (χ0) is 12.4. The Hall–Kier alpha value is -1.25. The van der Waals surface area contributed by atoms with Crippen molar-refractivity contribution in [3.8, 4) is 0 Å². The van der Waals surface area contributed by atoms with Gasteiger partial charge in [0.1, 0.15) is 0 Å². The molecule has 0 radical (unpaired) electrons. The van der Waals surface area contributed by atoms with Crippen molar-refractivity contribution in [1.29, 1.82) is 0 Å². The monoisotopic (exact) mass is 267 g/mol. The third-order valence-corrected chi connectivity index (χ3v) is 3.12. The molecule has 0 bridgehead atoms. The van der Waals surface area contributed by atoms with Crippen LogP contribution in [0.1, 0.15) is 12.5 Å². The maximum absolute atomic E-state index is 11.9. The van der Waals surface area contributed by atoms with Crippen molar-refractivity contribution in [2.24, 2.45) is 0 Å².